The van der Waals surface area contributed by atoms with Crippen LogP contribution in [0.5, 0.6) is 5.75 Å². The average Bonchev–Trinajstić information content (AvgIpc) is 2.66. The van der Waals surface area contributed by atoms with Gasteiger partial charge in [0.15, 0.2) is 6.10 Å². The molecule has 1 N–H and O–H groups in total. The summed E-state index contributed by atoms with van der Waals surface area (Å²) in [6.45, 7) is 2.52. The average molecular weight is 358 g/mol. The van der Waals surface area contributed by atoms with Gasteiger partial charge in [-0.25, -0.2) is 0 Å². The molecule has 1 aliphatic carbocycles. The number of benzene rings is 2. The van der Waals surface area contributed by atoms with Crippen LogP contribution in [-0.4, -0.2) is 29.6 Å². The van der Waals surface area contributed by atoms with Gasteiger partial charge in [-0.05, 0) is 31.2 Å². The lowest BCUT2D eigenvalue weighted by molar-refractivity contribution is -0.127. The van der Waals surface area contributed by atoms with Gasteiger partial charge >= 0.3 is 0 Å². The van der Waals surface area contributed by atoms with Gasteiger partial charge in [0.05, 0.1) is 0 Å². The molecule has 1 fully saturated rings. The number of carbonyl (C=O) groups is 1. The Bertz CT molecular complexity index is 692. The second-order valence-corrected chi connectivity index (χ2v) is 8.07. The van der Waals surface area contributed by atoms with E-state index in [0.29, 0.717) is 6.54 Å². The van der Waals surface area contributed by atoms with Gasteiger partial charge < -0.3 is 10.1 Å². The molecule has 25 heavy (non-hydrogen) atoms. The molecular formula is C21H27NO2S. The zero-order chi connectivity index (χ0) is 17.5. The molecule has 2 aromatic carbocycles. The molecule has 3 rings (SSSR count). The Morgan fingerprint density at radius 3 is 2.76 bits per heavy atom. The second kappa shape index (κ2) is 9.14. The van der Waals surface area contributed by atoms with Crippen molar-refractivity contribution < 1.29 is 9.53 Å². The highest BCUT2D eigenvalue weighted by Gasteiger charge is 2.16. The molecule has 1 unspecified atom stereocenters. The number of nitrogens with one attached hydrogen (secondary N) is 1. The fourth-order valence-corrected chi connectivity index (χ4v) is 4.54. The van der Waals surface area contributed by atoms with Gasteiger partial charge in [0.1, 0.15) is 5.75 Å². The van der Waals surface area contributed by atoms with Gasteiger partial charge in [-0.2, -0.15) is 11.8 Å². The van der Waals surface area contributed by atoms with Crippen molar-refractivity contribution in [1.29, 1.82) is 0 Å². The van der Waals surface area contributed by atoms with Crippen LogP contribution < -0.4 is 10.1 Å². The molecule has 1 aliphatic rings. The lowest BCUT2D eigenvalue weighted by atomic mass is 10.0. The topological polar surface area (TPSA) is 38.3 Å². The van der Waals surface area contributed by atoms with Crippen LogP contribution in [0.1, 0.15) is 39.0 Å². The van der Waals surface area contributed by atoms with Gasteiger partial charge in [0.2, 0.25) is 0 Å². The molecule has 0 spiro atoms. The summed E-state index contributed by atoms with van der Waals surface area (Å²) in [6.07, 6.45) is 6.28. The fraction of sp³-hybridized carbons (Fsp3) is 0.476. The maximum Gasteiger partial charge on any atom is 0.260 e. The van der Waals surface area contributed by atoms with E-state index in [0.717, 1.165) is 27.5 Å². The van der Waals surface area contributed by atoms with Crippen molar-refractivity contribution in [2.24, 2.45) is 0 Å². The van der Waals surface area contributed by atoms with E-state index >= 15 is 0 Å². The first kappa shape index (κ1) is 18.1. The lowest BCUT2D eigenvalue weighted by Crippen LogP contribution is -2.37. The highest BCUT2D eigenvalue weighted by atomic mass is 32.2. The van der Waals surface area contributed by atoms with Crippen molar-refractivity contribution in [2.45, 2.75) is 50.4 Å². The molecule has 3 nitrogen and oxygen atoms in total. The third kappa shape index (κ3) is 5.15. The maximum absolute atomic E-state index is 12.3. The quantitative estimate of drug-likeness (QED) is 0.724. The van der Waals surface area contributed by atoms with E-state index in [1.807, 2.05) is 49.0 Å². The molecular weight excluding hydrogens is 330 g/mol. The van der Waals surface area contributed by atoms with Gasteiger partial charge in [0, 0.05) is 22.9 Å². The van der Waals surface area contributed by atoms with Gasteiger partial charge in [-0.1, -0.05) is 55.7 Å². The molecule has 1 amide bonds. The van der Waals surface area contributed by atoms with Crippen molar-refractivity contribution in [3.8, 4) is 5.75 Å². The standard InChI is InChI=1S/C21H27NO2S/c1-16(21(23)22-14-15-25-18-10-3-2-4-11-18)24-20-13-7-9-17-8-5-6-12-19(17)20/h5-9,12-13,16,18H,2-4,10-11,14-15H2,1H3,(H,22,23). The molecule has 0 aromatic heterocycles. The van der Waals surface area contributed by atoms with E-state index in [1.165, 1.54) is 32.1 Å². The van der Waals surface area contributed by atoms with Crippen molar-refractivity contribution >= 4 is 28.4 Å². The molecule has 0 saturated heterocycles. The molecule has 0 heterocycles. The molecule has 0 radical (unpaired) electrons. The van der Waals surface area contributed by atoms with Gasteiger partial charge in [-0.3, -0.25) is 4.79 Å². The molecule has 0 bridgehead atoms. The smallest absolute Gasteiger partial charge is 0.260 e. The molecule has 1 atom stereocenters. The van der Waals surface area contributed by atoms with Crippen molar-refractivity contribution in [3.63, 3.8) is 0 Å². The van der Waals surface area contributed by atoms with Gasteiger partial charge in [-0.15, -0.1) is 0 Å². The Morgan fingerprint density at radius 1 is 1.16 bits per heavy atom. The van der Waals surface area contributed by atoms with E-state index < -0.39 is 6.10 Å². The summed E-state index contributed by atoms with van der Waals surface area (Å²) in [4.78, 5) is 12.3. The maximum atomic E-state index is 12.3. The van der Waals surface area contributed by atoms with Crippen LogP contribution in [0.2, 0.25) is 0 Å². The summed E-state index contributed by atoms with van der Waals surface area (Å²) >= 11 is 2.00. The first-order chi connectivity index (χ1) is 12.2. The summed E-state index contributed by atoms with van der Waals surface area (Å²) in [6, 6.07) is 14.0. The monoisotopic (exact) mass is 357 g/mol. The number of hydrogen-bond acceptors (Lipinski definition) is 3. The number of carbonyl (C=O) groups excluding carboxylic acids is 1. The van der Waals surface area contributed by atoms with Crippen molar-refractivity contribution in [2.75, 3.05) is 12.3 Å². The summed E-state index contributed by atoms with van der Waals surface area (Å²) in [5.41, 5.74) is 0. The number of rotatable bonds is 7. The minimum Gasteiger partial charge on any atom is -0.480 e. The number of fused-ring (bicyclic) bond motifs is 1. The number of thioether (sulfide) groups is 1. The predicted octanol–water partition coefficient (Wildman–Crippen LogP) is 4.79. The van der Waals surface area contributed by atoms with Crippen molar-refractivity contribution in [1.82, 2.24) is 5.32 Å². The summed E-state index contributed by atoms with van der Waals surface area (Å²) in [5, 5.41) is 5.95. The largest absolute Gasteiger partial charge is 0.480 e. The zero-order valence-corrected chi connectivity index (χ0v) is 15.7. The Balaban J connectivity index is 1.45. The van der Waals surface area contributed by atoms with E-state index in [9.17, 15) is 4.79 Å². The highest BCUT2D eigenvalue weighted by molar-refractivity contribution is 7.99. The molecule has 134 valence electrons. The Morgan fingerprint density at radius 2 is 1.92 bits per heavy atom. The van der Waals surface area contributed by atoms with E-state index in [4.69, 9.17) is 4.74 Å². The van der Waals surface area contributed by atoms with Crippen LogP contribution in [0, 0.1) is 0 Å². The molecule has 4 heteroatoms. The third-order valence-electron chi connectivity index (χ3n) is 4.73. The fourth-order valence-electron chi connectivity index (χ4n) is 3.32. The third-order valence-corrected chi connectivity index (χ3v) is 6.11. The van der Waals surface area contributed by atoms with Crippen LogP contribution in [0.25, 0.3) is 10.8 Å². The summed E-state index contributed by atoms with van der Waals surface area (Å²) in [7, 11) is 0. The number of hydrogen-bond donors (Lipinski definition) is 1. The van der Waals surface area contributed by atoms with Crippen LogP contribution in [0.3, 0.4) is 0 Å². The van der Waals surface area contributed by atoms with E-state index in [-0.39, 0.29) is 5.91 Å². The van der Waals surface area contributed by atoms with E-state index in [1.54, 1.807) is 0 Å². The summed E-state index contributed by atoms with van der Waals surface area (Å²) < 4.78 is 5.92. The molecule has 2 aromatic rings. The van der Waals surface area contributed by atoms with Gasteiger partial charge in [0.25, 0.3) is 5.91 Å². The minimum absolute atomic E-state index is 0.0443. The van der Waals surface area contributed by atoms with Crippen LogP contribution in [0.15, 0.2) is 42.5 Å². The Labute approximate surface area is 154 Å². The zero-order valence-electron chi connectivity index (χ0n) is 14.9. The molecule has 1 saturated carbocycles. The SMILES string of the molecule is CC(Oc1cccc2ccccc12)C(=O)NCCSC1CCCCC1. The minimum atomic E-state index is -0.495. The van der Waals surface area contributed by atoms with Crippen LogP contribution in [0.4, 0.5) is 0 Å². The first-order valence-corrected chi connectivity index (χ1v) is 10.3. The summed E-state index contributed by atoms with van der Waals surface area (Å²) in [5.74, 6) is 1.70. The number of ether oxygens (including phenoxy) is 1. The van der Waals surface area contributed by atoms with E-state index in [2.05, 4.69) is 17.4 Å². The second-order valence-electron chi connectivity index (χ2n) is 6.66. The molecule has 0 aliphatic heterocycles. The Kier molecular flexibility index (Phi) is 6.62. The van der Waals surface area contributed by atoms with Crippen LogP contribution in [-0.2, 0) is 4.79 Å². The number of amides is 1. The lowest BCUT2D eigenvalue weighted by Gasteiger charge is -2.21. The predicted molar refractivity (Wildman–Crippen MR) is 106 cm³/mol. The highest BCUT2D eigenvalue weighted by Crippen LogP contribution is 2.28. The first-order valence-electron chi connectivity index (χ1n) is 9.28. The van der Waals surface area contributed by atoms with Crippen molar-refractivity contribution in [3.05, 3.63) is 42.5 Å². The Hall–Kier alpha value is -1.68. The normalized spacial score (nSPS) is 16.5. The van der Waals surface area contributed by atoms with Crippen LogP contribution >= 0.6 is 11.8 Å².